The van der Waals surface area contributed by atoms with Crippen LogP contribution in [0.3, 0.4) is 0 Å². The highest BCUT2D eigenvalue weighted by molar-refractivity contribution is 7.92. The number of benzene rings is 2. The zero-order valence-corrected chi connectivity index (χ0v) is 14.8. The molecule has 27 heavy (non-hydrogen) atoms. The molecule has 0 bridgehead atoms. The lowest BCUT2D eigenvalue weighted by molar-refractivity contribution is -0.116. The number of anilines is 2. The topological polar surface area (TPSA) is 113 Å². The molecule has 142 valence electrons. The van der Waals surface area contributed by atoms with Crippen molar-refractivity contribution in [1.82, 2.24) is 0 Å². The Morgan fingerprint density at radius 3 is 2.56 bits per heavy atom. The zero-order chi connectivity index (χ0) is 19.9. The maximum absolute atomic E-state index is 14.3. The third-order valence-corrected chi connectivity index (χ3v) is 5.45. The van der Waals surface area contributed by atoms with Crippen LogP contribution in [0.2, 0.25) is 0 Å². The van der Waals surface area contributed by atoms with Crippen LogP contribution in [-0.2, 0) is 21.2 Å². The van der Waals surface area contributed by atoms with Gasteiger partial charge in [-0.2, -0.15) is 0 Å². The molecule has 10 heteroatoms. The standard InChI is InChI=1S/C17H14F2N2O5S/c1-8-4-10(6-11(16(8)19)17(23)24)27(25,26)21-14-7-13-9(5-12(14)18)2-3-15(22)20-13/h4-7,21H,2-3H2,1H3,(H,20,22)(H,23,24). The molecule has 0 atom stereocenters. The molecule has 0 saturated carbocycles. The largest absolute Gasteiger partial charge is 0.478 e. The van der Waals surface area contributed by atoms with E-state index >= 15 is 0 Å². The number of hydrogen-bond donors (Lipinski definition) is 3. The Hall–Kier alpha value is -3.01. The highest BCUT2D eigenvalue weighted by Gasteiger charge is 2.24. The average molecular weight is 396 g/mol. The predicted octanol–water partition coefficient (Wildman–Crippen LogP) is 2.66. The van der Waals surface area contributed by atoms with E-state index < -0.39 is 43.8 Å². The molecule has 0 unspecified atom stereocenters. The molecule has 0 radical (unpaired) electrons. The van der Waals surface area contributed by atoms with Crippen molar-refractivity contribution < 1.29 is 31.9 Å². The Labute approximate surface area is 153 Å². The van der Waals surface area contributed by atoms with Gasteiger partial charge in [0, 0.05) is 12.1 Å². The number of aromatic carboxylic acids is 1. The van der Waals surface area contributed by atoms with E-state index in [1.54, 1.807) is 0 Å². The second kappa shape index (κ2) is 6.62. The average Bonchev–Trinajstić information content (AvgIpc) is 2.57. The molecular formula is C17H14F2N2O5S. The summed E-state index contributed by atoms with van der Waals surface area (Å²) in [5.74, 6) is -3.81. The highest BCUT2D eigenvalue weighted by Crippen LogP contribution is 2.30. The van der Waals surface area contributed by atoms with Gasteiger partial charge < -0.3 is 10.4 Å². The molecule has 0 aromatic heterocycles. The molecule has 0 saturated heterocycles. The second-order valence-corrected chi connectivity index (χ2v) is 7.73. The Morgan fingerprint density at radius 1 is 1.19 bits per heavy atom. The monoisotopic (exact) mass is 396 g/mol. The number of fused-ring (bicyclic) bond motifs is 1. The molecule has 1 heterocycles. The van der Waals surface area contributed by atoms with Crippen molar-refractivity contribution in [2.45, 2.75) is 24.7 Å². The van der Waals surface area contributed by atoms with Gasteiger partial charge in [-0.15, -0.1) is 0 Å². The lowest BCUT2D eigenvalue weighted by Gasteiger charge is -2.19. The summed E-state index contributed by atoms with van der Waals surface area (Å²) >= 11 is 0. The summed E-state index contributed by atoms with van der Waals surface area (Å²) in [6, 6.07) is 3.87. The number of halogens is 2. The van der Waals surface area contributed by atoms with Crippen molar-refractivity contribution >= 4 is 33.3 Å². The van der Waals surface area contributed by atoms with Gasteiger partial charge in [-0.05, 0) is 48.7 Å². The fraction of sp³-hybridized carbons (Fsp3) is 0.176. The number of carbonyl (C=O) groups excluding carboxylic acids is 1. The second-order valence-electron chi connectivity index (χ2n) is 6.05. The van der Waals surface area contributed by atoms with Crippen molar-refractivity contribution in [3.05, 3.63) is 52.6 Å². The van der Waals surface area contributed by atoms with Gasteiger partial charge in [0.2, 0.25) is 5.91 Å². The molecule has 2 aromatic carbocycles. The highest BCUT2D eigenvalue weighted by atomic mass is 32.2. The minimum atomic E-state index is -4.40. The summed E-state index contributed by atoms with van der Waals surface area (Å²) in [6.07, 6.45) is 0.522. The van der Waals surface area contributed by atoms with Crippen molar-refractivity contribution in [3.63, 3.8) is 0 Å². The summed E-state index contributed by atoms with van der Waals surface area (Å²) in [5, 5.41) is 11.5. The third-order valence-electron chi connectivity index (χ3n) is 4.10. The van der Waals surface area contributed by atoms with Gasteiger partial charge in [0.05, 0.1) is 16.1 Å². The minimum Gasteiger partial charge on any atom is -0.478 e. The molecule has 1 aliphatic rings. The molecule has 3 rings (SSSR count). The van der Waals surface area contributed by atoms with Crippen LogP contribution >= 0.6 is 0 Å². The summed E-state index contributed by atoms with van der Waals surface area (Å²) < 4.78 is 55.2. The smallest absolute Gasteiger partial charge is 0.338 e. The molecule has 7 nitrogen and oxygen atoms in total. The van der Waals surface area contributed by atoms with Gasteiger partial charge in [0.25, 0.3) is 10.0 Å². The van der Waals surface area contributed by atoms with E-state index in [-0.39, 0.29) is 23.6 Å². The van der Waals surface area contributed by atoms with E-state index in [1.807, 2.05) is 4.72 Å². The van der Waals surface area contributed by atoms with Crippen molar-refractivity contribution in [1.29, 1.82) is 0 Å². The lowest BCUT2D eigenvalue weighted by Crippen LogP contribution is -2.20. The van der Waals surface area contributed by atoms with Crippen molar-refractivity contribution in [2.24, 2.45) is 0 Å². The van der Waals surface area contributed by atoms with Crippen LogP contribution in [0.5, 0.6) is 0 Å². The van der Waals surface area contributed by atoms with Crippen LogP contribution in [0, 0.1) is 18.6 Å². The SMILES string of the molecule is Cc1cc(S(=O)(=O)Nc2cc3c(cc2F)CCC(=O)N3)cc(C(=O)O)c1F. The Balaban J connectivity index is 2.02. The normalized spacial score (nSPS) is 13.7. The fourth-order valence-electron chi connectivity index (χ4n) is 2.73. The molecule has 0 aliphatic carbocycles. The lowest BCUT2D eigenvalue weighted by atomic mass is 10.0. The molecule has 1 amide bonds. The predicted molar refractivity (Wildman–Crippen MR) is 92.3 cm³/mol. The van der Waals surface area contributed by atoms with Crippen LogP contribution in [0.1, 0.15) is 27.9 Å². The van der Waals surface area contributed by atoms with E-state index in [2.05, 4.69) is 5.32 Å². The quantitative estimate of drug-likeness (QED) is 0.736. The maximum atomic E-state index is 14.3. The number of nitrogens with one attached hydrogen (secondary N) is 2. The number of aryl methyl sites for hydroxylation is 2. The zero-order valence-electron chi connectivity index (χ0n) is 14.0. The third kappa shape index (κ3) is 3.61. The molecule has 0 spiro atoms. The first kappa shape index (κ1) is 18.8. The summed E-state index contributed by atoms with van der Waals surface area (Å²) in [4.78, 5) is 22.0. The molecule has 1 aliphatic heterocycles. The van der Waals surface area contributed by atoms with E-state index in [0.717, 1.165) is 18.2 Å². The van der Waals surface area contributed by atoms with E-state index in [9.17, 15) is 26.8 Å². The first-order valence-corrected chi connectivity index (χ1v) is 9.25. The van der Waals surface area contributed by atoms with Gasteiger partial charge in [-0.25, -0.2) is 22.0 Å². The Morgan fingerprint density at radius 2 is 1.89 bits per heavy atom. The number of hydrogen-bond acceptors (Lipinski definition) is 4. The van der Waals surface area contributed by atoms with Crippen molar-refractivity contribution in [2.75, 3.05) is 10.0 Å². The van der Waals surface area contributed by atoms with Gasteiger partial charge in [0.15, 0.2) is 0 Å². The number of amides is 1. The number of sulfonamides is 1. The van der Waals surface area contributed by atoms with E-state index in [0.29, 0.717) is 18.1 Å². The van der Waals surface area contributed by atoms with Crippen LogP contribution in [0.15, 0.2) is 29.2 Å². The molecule has 0 fully saturated rings. The maximum Gasteiger partial charge on any atom is 0.338 e. The van der Waals surface area contributed by atoms with Crippen LogP contribution in [0.4, 0.5) is 20.2 Å². The number of carboxylic acids is 1. The summed E-state index contributed by atoms with van der Waals surface area (Å²) in [6.45, 7) is 1.22. The fourth-order valence-corrected chi connectivity index (χ4v) is 3.90. The van der Waals surface area contributed by atoms with Crippen LogP contribution in [0.25, 0.3) is 0 Å². The first-order chi connectivity index (χ1) is 12.6. The molecule has 3 N–H and O–H groups in total. The minimum absolute atomic E-state index is 0.187. The number of carbonyl (C=O) groups is 2. The molecule has 2 aromatic rings. The van der Waals surface area contributed by atoms with Gasteiger partial charge in [-0.3, -0.25) is 9.52 Å². The van der Waals surface area contributed by atoms with E-state index in [4.69, 9.17) is 5.11 Å². The van der Waals surface area contributed by atoms with Crippen LogP contribution in [-0.4, -0.2) is 25.4 Å². The number of rotatable bonds is 4. The Kier molecular flexibility index (Phi) is 4.60. The molecular weight excluding hydrogens is 382 g/mol. The van der Waals surface area contributed by atoms with Gasteiger partial charge >= 0.3 is 5.97 Å². The van der Waals surface area contributed by atoms with Gasteiger partial charge in [0.1, 0.15) is 11.6 Å². The number of carboxylic acid groups (broad SMARTS) is 1. The summed E-state index contributed by atoms with van der Waals surface area (Å²) in [7, 11) is -4.40. The first-order valence-electron chi connectivity index (χ1n) is 7.77. The van der Waals surface area contributed by atoms with E-state index in [1.165, 1.54) is 6.92 Å². The van der Waals surface area contributed by atoms with Gasteiger partial charge in [-0.1, -0.05) is 0 Å². The van der Waals surface area contributed by atoms with Crippen molar-refractivity contribution in [3.8, 4) is 0 Å². The van der Waals surface area contributed by atoms with Crippen LogP contribution < -0.4 is 10.0 Å². The Bertz CT molecular complexity index is 1080. The summed E-state index contributed by atoms with van der Waals surface area (Å²) in [5.41, 5.74) is -0.607.